The molecular formula is C20H22N2O3S2. The Morgan fingerprint density at radius 3 is 2.59 bits per heavy atom. The molecule has 7 heteroatoms. The third kappa shape index (κ3) is 4.14. The average molecular weight is 403 g/mol. The largest absolute Gasteiger partial charge is 0.493 e. The van der Waals surface area contributed by atoms with Gasteiger partial charge in [0.1, 0.15) is 9.88 Å². The molecule has 0 saturated carbocycles. The molecule has 1 aromatic carbocycles. The third-order valence-corrected chi connectivity index (χ3v) is 6.40. The van der Waals surface area contributed by atoms with E-state index in [1.54, 1.807) is 25.6 Å². The molecule has 2 aromatic heterocycles. The molecule has 0 bridgehead atoms. The van der Waals surface area contributed by atoms with E-state index in [4.69, 9.17) is 9.47 Å². The van der Waals surface area contributed by atoms with Crippen LogP contribution in [-0.4, -0.2) is 36.6 Å². The zero-order valence-electron chi connectivity index (χ0n) is 15.8. The molecule has 5 nitrogen and oxygen atoms in total. The van der Waals surface area contributed by atoms with Crippen LogP contribution in [-0.2, 0) is 6.54 Å². The minimum atomic E-state index is 0.00471. The monoisotopic (exact) mass is 402 g/mol. The lowest BCUT2D eigenvalue weighted by Gasteiger charge is -2.21. The minimum Gasteiger partial charge on any atom is -0.493 e. The van der Waals surface area contributed by atoms with Crippen molar-refractivity contribution in [3.8, 4) is 21.4 Å². The number of carbonyl (C=O) groups is 1. The van der Waals surface area contributed by atoms with Gasteiger partial charge in [-0.1, -0.05) is 12.1 Å². The molecule has 0 N–H and O–H groups in total. The number of rotatable bonds is 7. The number of thiazole rings is 1. The highest BCUT2D eigenvalue weighted by atomic mass is 32.1. The van der Waals surface area contributed by atoms with Crippen LogP contribution in [0.5, 0.6) is 11.5 Å². The summed E-state index contributed by atoms with van der Waals surface area (Å²) in [5.41, 5.74) is 1.77. The molecule has 0 aliphatic rings. The molecule has 1 amide bonds. The lowest BCUT2D eigenvalue weighted by Crippen LogP contribution is -2.30. The Hall–Kier alpha value is -2.38. The van der Waals surface area contributed by atoms with Gasteiger partial charge in [-0.2, -0.15) is 0 Å². The molecule has 0 spiro atoms. The molecule has 3 aromatic rings. The van der Waals surface area contributed by atoms with Crippen LogP contribution in [0, 0.1) is 6.92 Å². The highest BCUT2D eigenvalue weighted by Gasteiger charge is 2.22. The Morgan fingerprint density at radius 1 is 1.19 bits per heavy atom. The fraction of sp³-hybridized carbons (Fsp3) is 0.300. The number of carbonyl (C=O) groups excluding carboxylic acids is 1. The fourth-order valence-electron chi connectivity index (χ4n) is 2.77. The summed E-state index contributed by atoms with van der Waals surface area (Å²) in [4.78, 5) is 21.3. The topological polar surface area (TPSA) is 51.7 Å². The number of benzene rings is 1. The van der Waals surface area contributed by atoms with E-state index < -0.39 is 0 Å². The molecule has 0 atom stereocenters. The molecule has 0 saturated heterocycles. The van der Waals surface area contributed by atoms with Crippen LogP contribution in [0.1, 0.15) is 27.9 Å². The predicted molar refractivity (Wildman–Crippen MR) is 110 cm³/mol. The van der Waals surface area contributed by atoms with Crippen molar-refractivity contribution in [1.82, 2.24) is 9.88 Å². The summed E-state index contributed by atoms with van der Waals surface area (Å²) in [5.74, 6) is 1.34. The van der Waals surface area contributed by atoms with Crippen molar-refractivity contribution in [2.45, 2.75) is 20.4 Å². The second kappa shape index (κ2) is 8.54. The van der Waals surface area contributed by atoms with Crippen molar-refractivity contribution in [3.63, 3.8) is 0 Å². The first kappa shape index (κ1) is 19.4. The van der Waals surface area contributed by atoms with Crippen molar-refractivity contribution < 1.29 is 14.3 Å². The van der Waals surface area contributed by atoms with Crippen molar-refractivity contribution in [3.05, 3.63) is 51.8 Å². The van der Waals surface area contributed by atoms with Gasteiger partial charge in [-0.15, -0.1) is 22.7 Å². The normalized spacial score (nSPS) is 10.7. The number of methoxy groups -OCH3 is 2. The van der Waals surface area contributed by atoms with Gasteiger partial charge in [0.2, 0.25) is 0 Å². The number of amides is 1. The second-order valence-corrected chi connectivity index (χ2v) is 7.87. The fourth-order valence-corrected chi connectivity index (χ4v) is 4.60. The summed E-state index contributed by atoms with van der Waals surface area (Å²) in [6.45, 7) is 4.99. The van der Waals surface area contributed by atoms with E-state index in [1.165, 1.54) is 11.3 Å². The molecule has 0 aliphatic heterocycles. The van der Waals surface area contributed by atoms with Crippen molar-refractivity contribution in [2.24, 2.45) is 0 Å². The summed E-state index contributed by atoms with van der Waals surface area (Å²) < 4.78 is 10.6. The van der Waals surface area contributed by atoms with Crippen LogP contribution < -0.4 is 9.47 Å². The first-order valence-electron chi connectivity index (χ1n) is 8.58. The van der Waals surface area contributed by atoms with Gasteiger partial charge in [-0.25, -0.2) is 4.98 Å². The first-order chi connectivity index (χ1) is 13.1. The van der Waals surface area contributed by atoms with Crippen LogP contribution in [0.4, 0.5) is 0 Å². The van der Waals surface area contributed by atoms with Gasteiger partial charge in [-0.3, -0.25) is 4.79 Å². The maximum absolute atomic E-state index is 13.1. The van der Waals surface area contributed by atoms with E-state index in [0.29, 0.717) is 29.5 Å². The van der Waals surface area contributed by atoms with E-state index in [1.807, 2.05) is 54.5 Å². The van der Waals surface area contributed by atoms with Crippen LogP contribution in [0.3, 0.4) is 0 Å². The number of ether oxygens (including phenoxy) is 2. The van der Waals surface area contributed by atoms with E-state index in [9.17, 15) is 4.79 Å². The molecule has 27 heavy (non-hydrogen) atoms. The average Bonchev–Trinajstić information content (AvgIpc) is 3.35. The lowest BCUT2D eigenvalue weighted by atomic mass is 10.1. The van der Waals surface area contributed by atoms with E-state index in [2.05, 4.69) is 4.98 Å². The highest BCUT2D eigenvalue weighted by Crippen LogP contribution is 2.32. The third-order valence-electron chi connectivity index (χ3n) is 4.21. The maximum atomic E-state index is 13.1. The summed E-state index contributed by atoms with van der Waals surface area (Å²) in [6.07, 6.45) is 0. The van der Waals surface area contributed by atoms with Gasteiger partial charge < -0.3 is 14.4 Å². The molecule has 3 rings (SSSR count). The van der Waals surface area contributed by atoms with Crippen LogP contribution in [0.25, 0.3) is 9.88 Å². The zero-order valence-corrected chi connectivity index (χ0v) is 17.4. The molecule has 2 heterocycles. The summed E-state index contributed by atoms with van der Waals surface area (Å²) in [6, 6.07) is 9.74. The number of hydrogen-bond acceptors (Lipinski definition) is 6. The Balaban J connectivity index is 1.83. The molecule has 0 fully saturated rings. The number of hydrogen-bond donors (Lipinski definition) is 0. The quantitative estimate of drug-likeness (QED) is 0.566. The van der Waals surface area contributed by atoms with Crippen molar-refractivity contribution >= 4 is 28.6 Å². The Morgan fingerprint density at radius 2 is 1.96 bits per heavy atom. The first-order valence-corrected chi connectivity index (χ1v) is 10.3. The van der Waals surface area contributed by atoms with Crippen molar-refractivity contribution in [2.75, 3.05) is 20.8 Å². The lowest BCUT2D eigenvalue weighted by molar-refractivity contribution is 0.0756. The molecule has 0 aliphatic carbocycles. The standard InChI is InChI=1S/C20H22N2O3S2/c1-5-22(12-14-8-9-15(24-3)16(11-14)25-4)20(23)18-13(2)21-19(27-18)17-7-6-10-26-17/h6-11H,5,12H2,1-4H3. The summed E-state index contributed by atoms with van der Waals surface area (Å²) >= 11 is 3.09. The van der Waals surface area contributed by atoms with Crippen LogP contribution >= 0.6 is 22.7 Å². The van der Waals surface area contributed by atoms with Crippen LogP contribution in [0.15, 0.2) is 35.7 Å². The predicted octanol–water partition coefficient (Wildman–Crippen LogP) is 4.86. The number of nitrogens with zero attached hydrogens (tertiary/aromatic N) is 2. The van der Waals surface area contributed by atoms with Gasteiger partial charge in [0, 0.05) is 13.1 Å². The summed E-state index contributed by atoms with van der Waals surface area (Å²) in [7, 11) is 3.22. The number of aromatic nitrogens is 1. The smallest absolute Gasteiger partial charge is 0.266 e. The Kier molecular flexibility index (Phi) is 6.13. The minimum absolute atomic E-state index is 0.00471. The maximum Gasteiger partial charge on any atom is 0.266 e. The SMILES string of the molecule is CCN(Cc1ccc(OC)c(OC)c1)C(=O)c1sc(-c2cccs2)nc1C. The highest BCUT2D eigenvalue weighted by molar-refractivity contribution is 7.22. The number of aryl methyl sites for hydroxylation is 1. The van der Waals surface area contributed by atoms with E-state index in [-0.39, 0.29) is 5.91 Å². The van der Waals surface area contributed by atoms with Gasteiger partial charge >= 0.3 is 0 Å². The van der Waals surface area contributed by atoms with E-state index >= 15 is 0 Å². The van der Waals surface area contributed by atoms with Gasteiger partial charge in [0.25, 0.3) is 5.91 Å². The van der Waals surface area contributed by atoms with Crippen molar-refractivity contribution in [1.29, 1.82) is 0 Å². The van der Waals surface area contributed by atoms with Gasteiger partial charge in [-0.05, 0) is 43.0 Å². The molecule has 0 radical (unpaired) electrons. The second-order valence-electron chi connectivity index (χ2n) is 5.92. The van der Waals surface area contributed by atoms with Gasteiger partial charge in [0.05, 0.1) is 24.8 Å². The number of thiophene rings is 1. The van der Waals surface area contributed by atoms with Crippen LogP contribution in [0.2, 0.25) is 0 Å². The Labute approximate surface area is 167 Å². The van der Waals surface area contributed by atoms with Gasteiger partial charge in [0.15, 0.2) is 11.5 Å². The molecule has 0 unspecified atom stereocenters. The summed E-state index contributed by atoms with van der Waals surface area (Å²) in [5, 5.41) is 2.91. The Bertz CT molecular complexity index is 919. The zero-order chi connectivity index (χ0) is 19.4. The molecule has 142 valence electrons. The van der Waals surface area contributed by atoms with E-state index in [0.717, 1.165) is 21.1 Å². The molecular weight excluding hydrogens is 380 g/mol.